The van der Waals surface area contributed by atoms with Crippen molar-refractivity contribution in [2.24, 2.45) is 18.4 Å². The van der Waals surface area contributed by atoms with E-state index in [0.717, 1.165) is 24.8 Å². The number of nitrogens with zero attached hydrogens (tertiary/aromatic N) is 2. The summed E-state index contributed by atoms with van der Waals surface area (Å²) in [5, 5.41) is 6.94. The van der Waals surface area contributed by atoms with Crippen LogP contribution in [-0.4, -0.2) is 34.4 Å². The van der Waals surface area contributed by atoms with Gasteiger partial charge >= 0.3 is 0 Å². The number of alkyl halides is 2. The van der Waals surface area contributed by atoms with Crippen LogP contribution in [0.15, 0.2) is 29.5 Å². The van der Waals surface area contributed by atoms with Crippen LogP contribution in [0.2, 0.25) is 0 Å². The fourth-order valence-corrected chi connectivity index (χ4v) is 5.51. The Bertz CT molecular complexity index is 855. The third-order valence-corrected chi connectivity index (χ3v) is 6.81. The van der Waals surface area contributed by atoms with Crippen LogP contribution in [0.3, 0.4) is 0 Å². The molecule has 27 heavy (non-hydrogen) atoms. The number of amides is 1. The molecule has 2 bridgehead atoms. The van der Waals surface area contributed by atoms with Gasteiger partial charge in [0, 0.05) is 20.4 Å². The molecule has 0 aromatic carbocycles. The Kier molecular flexibility index (Phi) is 4.07. The Morgan fingerprint density at radius 1 is 1.44 bits per heavy atom. The normalized spacial score (nSPS) is 30.9. The third kappa shape index (κ3) is 2.37. The summed E-state index contributed by atoms with van der Waals surface area (Å²) < 4.78 is 33.7. The van der Waals surface area contributed by atoms with Crippen molar-refractivity contribution in [3.63, 3.8) is 0 Å². The topological polar surface area (TPSA) is 56.1 Å². The summed E-state index contributed by atoms with van der Waals surface area (Å²) in [5.41, 5.74) is 1.01. The molecule has 4 rings (SSSR count). The lowest BCUT2D eigenvalue weighted by atomic mass is 9.71. The summed E-state index contributed by atoms with van der Waals surface area (Å²) in [5.74, 6) is -0.171. The van der Waals surface area contributed by atoms with Crippen LogP contribution < -0.4 is 5.32 Å². The first-order valence-corrected chi connectivity index (χ1v) is 9.31. The molecule has 3 aliphatic carbocycles. The third-order valence-electron chi connectivity index (χ3n) is 6.81. The van der Waals surface area contributed by atoms with Crippen molar-refractivity contribution >= 4 is 5.91 Å². The number of allylic oxidation sites excluding steroid dienone is 2. The summed E-state index contributed by atoms with van der Waals surface area (Å²) >= 11 is 0. The average Bonchev–Trinajstić information content (AvgIpc) is 3.19. The molecule has 1 aromatic rings. The number of aromatic nitrogens is 2. The Morgan fingerprint density at radius 3 is 2.85 bits per heavy atom. The fraction of sp³-hybridized carbons (Fsp3) is 0.600. The number of halogens is 2. The summed E-state index contributed by atoms with van der Waals surface area (Å²) in [6.45, 7) is 4.31. The molecule has 0 aliphatic heterocycles. The van der Waals surface area contributed by atoms with E-state index in [1.54, 1.807) is 14.2 Å². The van der Waals surface area contributed by atoms with Gasteiger partial charge in [-0.2, -0.15) is 5.10 Å². The molecule has 1 amide bonds. The molecule has 1 fully saturated rings. The average molecular weight is 377 g/mol. The summed E-state index contributed by atoms with van der Waals surface area (Å²) in [4.78, 5) is 13.1. The molecule has 1 aromatic heterocycles. The monoisotopic (exact) mass is 377 g/mol. The highest BCUT2D eigenvalue weighted by molar-refractivity contribution is 5.96. The second kappa shape index (κ2) is 5.99. The number of ether oxygens (including phenoxy) is 1. The van der Waals surface area contributed by atoms with E-state index in [1.807, 2.05) is 0 Å². The molecule has 0 saturated heterocycles. The maximum Gasteiger partial charge on any atom is 0.282 e. The molecular formula is C20H25F2N3O2. The zero-order valence-corrected chi connectivity index (χ0v) is 16.1. The number of carbonyl (C=O) groups excluding carboxylic acids is 1. The molecule has 0 radical (unpaired) electrons. The maximum atomic E-state index is 13.3. The Morgan fingerprint density at radius 2 is 2.19 bits per heavy atom. The van der Waals surface area contributed by atoms with Crippen LogP contribution in [-0.2, 0) is 11.8 Å². The predicted octanol–water partition coefficient (Wildman–Crippen LogP) is 3.55. The van der Waals surface area contributed by atoms with Crippen LogP contribution in [0.1, 0.15) is 55.6 Å². The van der Waals surface area contributed by atoms with Gasteiger partial charge in [-0.25, -0.2) is 8.78 Å². The number of nitrogens with one attached hydrogen (secondary N) is 1. The first-order valence-electron chi connectivity index (χ1n) is 9.31. The molecule has 1 saturated carbocycles. The van der Waals surface area contributed by atoms with Gasteiger partial charge in [-0.1, -0.05) is 26.0 Å². The van der Waals surface area contributed by atoms with Gasteiger partial charge in [0.05, 0.1) is 17.2 Å². The number of fused-ring (bicyclic) bond motifs is 4. The number of hydrogen-bond acceptors (Lipinski definition) is 3. The van der Waals surface area contributed by atoms with E-state index in [0.29, 0.717) is 5.92 Å². The van der Waals surface area contributed by atoms with Gasteiger partial charge in [-0.15, -0.1) is 0 Å². The minimum Gasteiger partial charge on any atom is -0.377 e. The maximum absolute atomic E-state index is 13.3. The van der Waals surface area contributed by atoms with Gasteiger partial charge in [0.2, 0.25) is 0 Å². The van der Waals surface area contributed by atoms with Crippen LogP contribution in [0, 0.1) is 11.3 Å². The van der Waals surface area contributed by atoms with Crippen molar-refractivity contribution in [2.75, 3.05) is 7.11 Å². The number of carbonyl (C=O) groups is 1. The highest BCUT2D eigenvalue weighted by atomic mass is 19.3. The smallest absolute Gasteiger partial charge is 0.282 e. The minimum absolute atomic E-state index is 0.0597. The second-order valence-corrected chi connectivity index (χ2v) is 8.31. The molecule has 1 heterocycles. The minimum atomic E-state index is -2.79. The van der Waals surface area contributed by atoms with Gasteiger partial charge in [-0.05, 0) is 41.7 Å². The van der Waals surface area contributed by atoms with E-state index in [2.05, 4.69) is 36.4 Å². The molecule has 3 unspecified atom stereocenters. The van der Waals surface area contributed by atoms with Crippen LogP contribution >= 0.6 is 0 Å². The van der Waals surface area contributed by atoms with Gasteiger partial charge in [0.15, 0.2) is 0 Å². The highest BCUT2D eigenvalue weighted by Crippen LogP contribution is 2.64. The van der Waals surface area contributed by atoms with E-state index >= 15 is 0 Å². The Labute approximate surface area is 157 Å². The van der Waals surface area contributed by atoms with Crippen molar-refractivity contribution in [1.82, 2.24) is 15.1 Å². The summed E-state index contributed by atoms with van der Waals surface area (Å²) in [6, 6.07) is 0. The van der Waals surface area contributed by atoms with Crippen molar-refractivity contribution in [1.29, 1.82) is 0 Å². The number of hydrogen-bond donors (Lipinski definition) is 1. The highest BCUT2D eigenvalue weighted by Gasteiger charge is 2.65. The molecule has 5 nitrogen and oxygen atoms in total. The number of rotatable bonds is 4. The zero-order chi connectivity index (χ0) is 19.6. The predicted molar refractivity (Wildman–Crippen MR) is 96.4 cm³/mol. The largest absolute Gasteiger partial charge is 0.377 e. The zero-order valence-electron chi connectivity index (χ0n) is 16.1. The van der Waals surface area contributed by atoms with E-state index in [9.17, 15) is 13.6 Å². The molecular weight excluding hydrogens is 352 g/mol. The van der Waals surface area contributed by atoms with E-state index in [-0.39, 0.29) is 17.1 Å². The van der Waals surface area contributed by atoms with Gasteiger partial charge < -0.3 is 10.1 Å². The lowest BCUT2D eigenvalue weighted by Crippen LogP contribution is -2.57. The summed E-state index contributed by atoms with van der Waals surface area (Å²) in [6.07, 6.45) is 5.25. The van der Waals surface area contributed by atoms with E-state index in [1.165, 1.54) is 16.5 Å². The first kappa shape index (κ1) is 18.3. The number of methoxy groups -OCH3 is 1. The molecule has 1 N–H and O–H groups in total. The van der Waals surface area contributed by atoms with E-state index < -0.39 is 23.6 Å². The van der Waals surface area contributed by atoms with Gasteiger partial charge in [0.1, 0.15) is 5.69 Å². The van der Waals surface area contributed by atoms with E-state index in [4.69, 9.17) is 4.74 Å². The lowest BCUT2D eigenvalue weighted by molar-refractivity contribution is 0.0744. The molecule has 3 atom stereocenters. The van der Waals surface area contributed by atoms with Crippen LogP contribution in [0.4, 0.5) is 8.78 Å². The summed E-state index contributed by atoms with van der Waals surface area (Å²) in [7, 11) is 3.22. The number of aryl methyl sites for hydroxylation is 1. The Hall–Kier alpha value is -2.02. The molecule has 0 spiro atoms. The molecule has 146 valence electrons. The SMILES string of the molecule is COC1CC=CC2=C1C1(NC(=O)c3cn(C)nc3C(F)F)CCC2C1(C)C. The molecule has 3 aliphatic rings. The molecule has 7 heteroatoms. The van der Waals surface area contributed by atoms with Crippen LogP contribution in [0.5, 0.6) is 0 Å². The lowest BCUT2D eigenvalue weighted by Gasteiger charge is -2.43. The van der Waals surface area contributed by atoms with Crippen molar-refractivity contribution in [3.8, 4) is 0 Å². The quantitative estimate of drug-likeness (QED) is 0.873. The Balaban J connectivity index is 1.77. The fourth-order valence-electron chi connectivity index (χ4n) is 5.51. The van der Waals surface area contributed by atoms with Crippen molar-refractivity contribution in [2.45, 2.75) is 51.2 Å². The van der Waals surface area contributed by atoms with Crippen LogP contribution in [0.25, 0.3) is 0 Å². The first-order chi connectivity index (χ1) is 12.7. The standard InChI is InChI=1S/C20H25F2N3O2/c1-19(2)13-8-9-20(19,15-11(13)6-5-7-14(15)27-4)23-18(26)12-10-25(3)24-16(12)17(21)22/h5-6,10,13-14,17H,7-9H2,1-4H3,(H,23,26). The van der Waals surface area contributed by atoms with Crippen molar-refractivity contribution < 1.29 is 18.3 Å². The van der Waals surface area contributed by atoms with Crippen molar-refractivity contribution in [3.05, 3.63) is 40.8 Å². The van der Waals surface area contributed by atoms with Gasteiger partial charge in [0.25, 0.3) is 12.3 Å². The second-order valence-electron chi connectivity index (χ2n) is 8.31. The van der Waals surface area contributed by atoms with Gasteiger partial charge in [-0.3, -0.25) is 9.48 Å².